The Balaban J connectivity index is 2.35. The van der Waals surface area contributed by atoms with Gasteiger partial charge in [-0.25, -0.2) is 0 Å². The first-order chi connectivity index (χ1) is 8.89. The molecule has 0 fully saturated rings. The molecule has 19 heavy (non-hydrogen) atoms. The molecule has 0 unspecified atom stereocenters. The molecule has 0 aliphatic rings. The molecule has 0 atom stereocenters. The van der Waals surface area contributed by atoms with E-state index < -0.39 is 17.9 Å². The molecule has 1 aromatic heterocycles. The van der Waals surface area contributed by atoms with E-state index in [0.29, 0.717) is 17.7 Å². The van der Waals surface area contributed by atoms with Crippen molar-refractivity contribution in [3.05, 3.63) is 30.6 Å². The van der Waals surface area contributed by atoms with Gasteiger partial charge in [-0.1, -0.05) is 6.07 Å². The molecule has 102 valence electrons. The summed E-state index contributed by atoms with van der Waals surface area (Å²) in [6.45, 7) is 2.55. The van der Waals surface area contributed by atoms with E-state index in [1.807, 2.05) is 6.92 Å². The van der Waals surface area contributed by atoms with Gasteiger partial charge in [0, 0.05) is 18.3 Å². The summed E-state index contributed by atoms with van der Waals surface area (Å²) >= 11 is 0. The molecule has 1 N–H and O–H groups in total. The zero-order chi connectivity index (χ0) is 14.0. The predicted octanol–water partition coefficient (Wildman–Crippen LogP) is 3.17. The highest BCUT2D eigenvalue weighted by molar-refractivity contribution is 5.65. The maximum Gasteiger partial charge on any atom is 0.573 e. The van der Waals surface area contributed by atoms with Gasteiger partial charge >= 0.3 is 6.36 Å². The van der Waals surface area contributed by atoms with Crippen LogP contribution in [0.1, 0.15) is 6.92 Å². The largest absolute Gasteiger partial charge is 0.573 e. The minimum atomic E-state index is -4.84. The first-order valence-corrected chi connectivity index (χ1v) is 5.50. The molecule has 2 rings (SSSR count). The van der Waals surface area contributed by atoms with Gasteiger partial charge in [0.15, 0.2) is 11.5 Å². The SMILES string of the molecule is CCn1cc(-c2ccc(O)c(OC(F)(F)F)c2)cn1. The van der Waals surface area contributed by atoms with Crippen molar-refractivity contribution in [1.29, 1.82) is 0 Å². The monoisotopic (exact) mass is 272 g/mol. The fourth-order valence-electron chi connectivity index (χ4n) is 1.59. The van der Waals surface area contributed by atoms with Gasteiger partial charge in [0.05, 0.1) is 6.20 Å². The third kappa shape index (κ3) is 3.18. The number of aryl methyl sites for hydroxylation is 1. The van der Waals surface area contributed by atoms with Crippen LogP contribution in [0.25, 0.3) is 11.1 Å². The summed E-state index contributed by atoms with van der Waals surface area (Å²) in [6, 6.07) is 3.77. The maximum atomic E-state index is 12.2. The fourth-order valence-corrected chi connectivity index (χ4v) is 1.59. The summed E-state index contributed by atoms with van der Waals surface area (Å²) in [6.07, 6.45) is -1.61. The van der Waals surface area contributed by atoms with Crippen LogP contribution in [0.15, 0.2) is 30.6 Å². The molecule has 0 aliphatic carbocycles. The number of aromatic hydroxyl groups is 1. The third-order valence-electron chi connectivity index (χ3n) is 2.48. The second-order valence-electron chi connectivity index (χ2n) is 3.82. The fraction of sp³-hybridized carbons (Fsp3) is 0.250. The molecule has 0 bridgehead atoms. The van der Waals surface area contributed by atoms with E-state index in [1.54, 1.807) is 10.9 Å². The lowest BCUT2D eigenvalue weighted by atomic mass is 10.1. The van der Waals surface area contributed by atoms with Crippen LogP contribution in [0.3, 0.4) is 0 Å². The Labute approximate surface area is 107 Å². The molecule has 0 saturated carbocycles. The highest BCUT2D eigenvalue weighted by Gasteiger charge is 2.32. The van der Waals surface area contributed by atoms with Crippen molar-refractivity contribution < 1.29 is 23.0 Å². The van der Waals surface area contributed by atoms with Crippen molar-refractivity contribution >= 4 is 0 Å². The Kier molecular flexibility index (Phi) is 3.37. The summed E-state index contributed by atoms with van der Waals surface area (Å²) in [5.41, 5.74) is 1.13. The zero-order valence-corrected chi connectivity index (χ0v) is 9.98. The number of hydrogen-bond donors (Lipinski definition) is 1. The number of rotatable bonds is 3. The number of nitrogens with zero attached hydrogens (tertiary/aromatic N) is 2. The Morgan fingerprint density at radius 1 is 1.32 bits per heavy atom. The van der Waals surface area contributed by atoms with Crippen molar-refractivity contribution in [2.75, 3.05) is 0 Å². The molecule has 1 aromatic carbocycles. The topological polar surface area (TPSA) is 47.3 Å². The maximum absolute atomic E-state index is 12.2. The Bertz CT molecular complexity index is 579. The lowest BCUT2D eigenvalue weighted by molar-refractivity contribution is -0.275. The lowest BCUT2D eigenvalue weighted by Crippen LogP contribution is -2.17. The summed E-state index contributed by atoms with van der Waals surface area (Å²) in [5, 5.41) is 13.4. The molecule has 0 aliphatic heterocycles. The number of alkyl halides is 3. The minimum Gasteiger partial charge on any atom is -0.504 e. The number of benzene rings is 1. The van der Waals surface area contributed by atoms with Gasteiger partial charge in [-0.15, -0.1) is 13.2 Å². The quantitative estimate of drug-likeness (QED) is 0.933. The van der Waals surface area contributed by atoms with E-state index >= 15 is 0 Å². The van der Waals surface area contributed by atoms with E-state index in [4.69, 9.17) is 0 Å². The normalized spacial score (nSPS) is 11.6. The smallest absolute Gasteiger partial charge is 0.504 e. The standard InChI is InChI=1S/C12H11F3N2O2/c1-2-17-7-9(6-16-17)8-3-4-10(18)11(5-8)19-12(13,14)15/h3-7,18H,2H2,1H3. The van der Waals surface area contributed by atoms with Gasteiger partial charge in [-0.05, 0) is 24.6 Å². The van der Waals surface area contributed by atoms with Crippen LogP contribution >= 0.6 is 0 Å². The highest BCUT2D eigenvalue weighted by Crippen LogP contribution is 2.35. The summed E-state index contributed by atoms with van der Waals surface area (Å²) < 4.78 is 41.9. The van der Waals surface area contributed by atoms with E-state index in [2.05, 4.69) is 9.84 Å². The van der Waals surface area contributed by atoms with Gasteiger partial charge in [-0.3, -0.25) is 4.68 Å². The summed E-state index contributed by atoms with van der Waals surface area (Å²) in [7, 11) is 0. The molecule has 0 radical (unpaired) electrons. The first kappa shape index (κ1) is 13.3. The Morgan fingerprint density at radius 3 is 2.63 bits per heavy atom. The van der Waals surface area contributed by atoms with E-state index in [-0.39, 0.29) is 0 Å². The van der Waals surface area contributed by atoms with Gasteiger partial charge in [0.2, 0.25) is 0 Å². The van der Waals surface area contributed by atoms with Crippen LogP contribution in [0, 0.1) is 0 Å². The lowest BCUT2D eigenvalue weighted by Gasteiger charge is -2.11. The molecular weight excluding hydrogens is 261 g/mol. The van der Waals surface area contributed by atoms with Gasteiger partial charge in [0.1, 0.15) is 0 Å². The molecule has 2 aromatic rings. The van der Waals surface area contributed by atoms with E-state index in [0.717, 1.165) is 12.1 Å². The number of ether oxygens (including phenoxy) is 1. The van der Waals surface area contributed by atoms with Crippen molar-refractivity contribution in [2.24, 2.45) is 0 Å². The number of aromatic nitrogens is 2. The van der Waals surface area contributed by atoms with Crippen LogP contribution in [-0.4, -0.2) is 21.2 Å². The minimum absolute atomic E-state index is 0.483. The number of phenolic OH excluding ortho intramolecular Hbond substituents is 1. The van der Waals surface area contributed by atoms with Crippen LogP contribution in [-0.2, 0) is 6.54 Å². The second-order valence-corrected chi connectivity index (χ2v) is 3.82. The van der Waals surface area contributed by atoms with Gasteiger partial charge < -0.3 is 9.84 Å². The first-order valence-electron chi connectivity index (χ1n) is 5.50. The summed E-state index contributed by atoms with van der Waals surface area (Å²) in [5.74, 6) is -1.20. The molecule has 0 amide bonds. The Hall–Kier alpha value is -2.18. The Morgan fingerprint density at radius 2 is 2.05 bits per heavy atom. The second kappa shape index (κ2) is 4.83. The number of phenols is 1. The zero-order valence-electron chi connectivity index (χ0n) is 9.98. The van der Waals surface area contributed by atoms with Crippen LogP contribution in [0.5, 0.6) is 11.5 Å². The van der Waals surface area contributed by atoms with Crippen molar-refractivity contribution in [2.45, 2.75) is 19.8 Å². The molecule has 0 saturated heterocycles. The van der Waals surface area contributed by atoms with E-state index in [1.165, 1.54) is 12.3 Å². The van der Waals surface area contributed by atoms with Crippen LogP contribution in [0.2, 0.25) is 0 Å². The predicted molar refractivity (Wildman–Crippen MR) is 61.7 cm³/mol. The molecule has 0 spiro atoms. The molecule has 7 heteroatoms. The van der Waals surface area contributed by atoms with E-state index in [9.17, 15) is 18.3 Å². The average Bonchev–Trinajstić information content (AvgIpc) is 2.79. The summed E-state index contributed by atoms with van der Waals surface area (Å²) in [4.78, 5) is 0. The van der Waals surface area contributed by atoms with Gasteiger partial charge in [-0.2, -0.15) is 5.10 Å². The third-order valence-corrected chi connectivity index (χ3v) is 2.48. The molecule has 1 heterocycles. The number of halogens is 3. The van der Waals surface area contributed by atoms with Crippen molar-refractivity contribution in [1.82, 2.24) is 9.78 Å². The number of hydrogen-bond acceptors (Lipinski definition) is 3. The van der Waals surface area contributed by atoms with Gasteiger partial charge in [0.25, 0.3) is 0 Å². The highest BCUT2D eigenvalue weighted by atomic mass is 19.4. The molecule has 4 nitrogen and oxygen atoms in total. The van der Waals surface area contributed by atoms with Crippen molar-refractivity contribution in [3.63, 3.8) is 0 Å². The van der Waals surface area contributed by atoms with Crippen LogP contribution in [0.4, 0.5) is 13.2 Å². The van der Waals surface area contributed by atoms with Crippen LogP contribution < -0.4 is 4.74 Å². The average molecular weight is 272 g/mol. The van der Waals surface area contributed by atoms with Crippen molar-refractivity contribution in [3.8, 4) is 22.6 Å². The molecular formula is C12H11F3N2O2.